The SMILES string of the molecule is O=C(CCC1CCN(C(=O)C2CCOc3ccccc3C2)CC1)NC1CC1. The third-order valence-corrected chi connectivity index (χ3v) is 6.16. The highest BCUT2D eigenvalue weighted by Crippen LogP contribution is 2.29. The van der Waals surface area contributed by atoms with Crippen molar-refractivity contribution >= 4 is 11.8 Å². The Labute approximate surface area is 161 Å². The molecule has 4 rings (SSSR count). The smallest absolute Gasteiger partial charge is 0.226 e. The molecule has 2 heterocycles. The molecule has 27 heavy (non-hydrogen) atoms. The standard InChI is InChI=1S/C22H30N2O3/c25-21(23-19-6-7-19)8-5-16-9-12-24(13-10-16)22(26)18-11-14-27-20-4-2-1-3-17(20)15-18/h1-4,16,18-19H,5-15H2,(H,23,25). The molecule has 3 aliphatic rings. The van der Waals surface area contributed by atoms with Gasteiger partial charge in [-0.05, 0) is 62.5 Å². The molecule has 1 atom stereocenters. The van der Waals surface area contributed by atoms with Crippen LogP contribution in [0.1, 0.15) is 50.5 Å². The summed E-state index contributed by atoms with van der Waals surface area (Å²) in [5.41, 5.74) is 1.14. The van der Waals surface area contributed by atoms with Crippen LogP contribution in [0.25, 0.3) is 0 Å². The lowest BCUT2D eigenvalue weighted by atomic mass is 9.90. The Kier molecular flexibility index (Phi) is 5.65. The molecule has 1 saturated carbocycles. The topological polar surface area (TPSA) is 58.6 Å². The third-order valence-electron chi connectivity index (χ3n) is 6.16. The molecule has 0 spiro atoms. The van der Waals surface area contributed by atoms with Gasteiger partial charge in [-0.3, -0.25) is 9.59 Å². The number of piperidine rings is 1. The van der Waals surface area contributed by atoms with E-state index in [0.29, 0.717) is 25.0 Å². The minimum absolute atomic E-state index is 0.0227. The van der Waals surface area contributed by atoms with E-state index in [4.69, 9.17) is 4.74 Å². The van der Waals surface area contributed by atoms with Crippen molar-refractivity contribution in [2.75, 3.05) is 19.7 Å². The summed E-state index contributed by atoms with van der Waals surface area (Å²) in [4.78, 5) is 26.9. The van der Waals surface area contributed by atoms with E-state index in [9.17, 15) is 9.59 Å². The molecule has 2 fully saturated rings. The number of nitrogens with one attached hydrogen (secondary N) is 1. The Balaban J connectivity index is 1.24. The van der Waals surface area contributed by atoms with Crippen molar-refractivity contribution in [1.29, 1.82) is 0 Å². The van der Waals surface area contributed by atoms with Gasteiger partial charge in [-0.2, -0.15) is 0 Å². The molecular weight excluding hydrogens is 340 g/mol. The van der Waals surface area contributed by atoms with Crippen molar-refractivity contribution in [3.8, 4) is 5.75 Å². The van der Waals surface area contributed by atoms with E-state index < -0.39 is 0 Å². The lowest BCUT2D eigenvalue weighted by Gasteiger charge is -2.34. The number of amides is 2. The summed E-state index contributed by atoms with van der Waals surface area (Å²) in [6.45, 7) is 2.26. The first-order chi connectivity index (χ1) is 13.2. The van der Waals surface area contributed by atoms with E-state index >= 15 is 0 Å². The molecule has 5 heteroatoms. The number of ether oxygens (including phenoxy) is 1. The van der Waals surface area contributed by atoms with E-state index in [1.165, 1.54) is 0 Å². The molecule has 0 bridgehead atoms. The average molecular weight is 370 g/mol. The van der Waals surface area contributed by atoms with E-state index in [2.05, 4.69) is 11.4 Å². The van der Waals surface area contributed by atoms with Crippen LogP contribution in [0.3, 0.4) is 0 Å². The van der Waals surface area contributed by atoms with Crippen LogP contribution in [0.15, 0.2) is 24.3 Å². The van der Waals surface area contributed by atoms with Gasteiger partial charge < -0.3 is 15.0 Å². The number of rotatable bonds is 5. The van der Waals surface area contributed by atoms with E-state index in [1.807, 2.05) is 23.1 Å². The molecule has 1 aromatic rings. The van der Waals surface area contributed by atoms with Gasteiger partial charge in [0.05, 0.1) is 6.61 Å². The molecule has 5 nitrogen and oxygen atoms in total. The number of likely N-dealkylation sites (tertiary alicyclic amines) is 1. The van der Waals surface area contributed by atoms with Gasteiger partial charge in [0.15, 0.2) is 0 Å². The fourth-order valence-corrected chi connectivity index (χ4v) is 4.27. The van der Waals surface area contributed by atoms with Gasteiger partial charge in [0, 0.05) is 31.5 Å². The first-order valence-corrected chi connectivity index (χ1v) is 10.5. The van der Waals surface area contributed by atoms with Crippen molar-refractivity contribution < 1.29 is 14.3 Å². The van der Waals surface area contributed by atoms with E-state index in [1.54, 1.807) is 0 Å². The zero-order valence-corrected chi connectivity index (χ0v) is 16.0. The van der Waals surface area contributed by atoms with Gasteiger partial charge in [0.2, 0.25) is 11.8 Å². The number of hydrogen-bond donors (Lipinski definition) is 1. The Bertz CT molecular complexity index is 678. The van der Waals surface area contributed by atoms with Gasteiger partial charge in [-0.1, -0.05) is 18.2 Å². The molecule has 0 radical (unpaired) electrons. The Hall–Kier alpha value is -2.04. The molecular formula is C22H30N2O3. The minimum Gasteiger partial charge on any atom is -0.493 e. The maximum Gasteiger partial charge on any atom is 0.226 e. The molecule has 2 amide bonds. The quantitative estimate of drug-likeness (QED) is 0.867. The van der Waals surface area contributed by atoms with Crippen molar-refractivity contribution in [3.63, 3.8) is 0 Å². The second kappa shape index (κ2) is 8.32. The summed E-state index contributed by atoms with van der Waals surface area (Å²) in [7, 11) is 0. The van der Waals surface area contributed by atoms with Gasteiger partial charge in [-0.15, -0.1) is 0 Å². The number of nitrogens with zero attached hydrogens (tertiary/aromatic N) is 1. The highest BCUT2D eigenvalue weighted by atomic mass is 16.5. The number of carbonyl (C=O) groups is 2. The molecule has 1 aromatic carbocycles. The van der Waals surface area contributed by atoms with E-state index in [0.717, 1.165) is 69.3 Å². The van der Waals surface area contributed by atoms with Crippen LogP contribution in [0.4, 0.5) is 0 Å². The monoisotopic (exact) mass is 370 g/mol. The molecule has 1 N–H and O–H groups in total. The fraction of sp³-hybridized carbons (Fsp3) is 0.636. The van der Waals surface area contributed by atoms with Gasteiger partial charge >= 0.3 is 0 Å². The van der Waals surface area contributed by atoms with Crippen molar-refractivity contribution in [1.82, 2.24) is 10.2 Å². The molecule has 0 aromatic heterocycles. The summed E-state index contributed by atoms with van der Waals surface area (Å²) in [6, 6.07) is 8.51. The maximum atomic E-state index is 13.0. The van der Waals surface area contributed by atoms with Crippen molar-refractivity contribution in [2.24, 2.45) is 11.8 Å². The number of carbonyl (C=O) groups excluding carboxylic acids is 2. The molecule has 1 unspecified atom stereocenters. The Morgan fingerprint density at radius 2 is 1.85 bits per heavy atom. The largest absolute Gasteiger partial charge is 0.493 e. The first-order valence-electron chi connectivity index (χ1n) is 10.5. The molecule has 1 aliphatic carbocycles. The Morgan fingerprint density at radius 3 is 2.63 bits per heavy atom. The van der Waals surface area contributed by atoms with Crippen LogP contribution in [-0.4, -0.2) is 42.5 Å². The number of para-hydroxylation sites is 1. The average Bonchev–Trinajstić information content (AvgIpc) is 3.52. The van der Waals surface area contributed by atoms with Crippen LogP contribution >= 0.6 is 0 Å². The summed E-state index contributed by atoms with van der Waals surface area (Å²) >= 11 is 0. The lowest BCUT2D eigenvalue weighted by molar-refractivity contribution is -0.137. The highest BCUT2D eigenvalue weighted by Gasteiger charge is 2.30. The van der Waals surface area contributed by atoms with Gasteiger partial charge in [0.1, 0.15) is 5.75 Å². The van der Waals surface area contributed by atoms with Gasteiger partial charge in [-0.25, -0.2) is 0 Å². The fourth-order valence-electron chi connectivity index (χ4n) is 4.27. The summed E-state index contributed by atoms with van der Waals surface area (Å²) in [5, 5.41) is 3.06. The van der Waals surface area contributed by atoms with Crippen molar-refractivity contribution in [2.45, 2.75) is 57.4 Å². The molecule has 2 aliphatic heterocycles. The number of fused-ring (bicyclic) bond motifs is 1. The maximum absolute atomic E-state index is 13.0. The summed E-state index contributed by atoms with van der Waals surface area (Å²) < 4.78 is 5.81. The highest BCUT2D eigenvalue weighted by molar-refractivity contribution is 5.79. The van der Waals surface area contributed by atoms with Gasteiger partial charge in [0.25, 0.3) is 0 Å². The lowest BCUT2D eigenvalue weighted by Crippen LogP contribution is -2.42. The summed E-state index contributed by atoms with van der Waals surface area (Å²) in [5.74, 6) is 2.00. The predicted octanol–water partition coefficient (Wildman–Crippen LogP) is 2.93. The zero-order valence-electron chi connectivity index (χ0n) is 16.0. The predicted molar refractivity (Wildman–Crippen MR) is 103 cm³/mol. The number of hydrogen-bond acceptors (Lipinski definition) is 3. The molecule has 1 saturated heterocycles. The van der Waals surface area contributed by atoms with E-state index in [-0.39, 0.29) is 17.7 Å². The van der Waals surface area contributed by atoms with Crippen LogP contribution in [0.5, 0.6) is 5.75 Å². The molecule has 146 valence electrons. The normalized spacial score (nSPS) is 23.1. The van der Waals surface area contributed by atoms with Crippen LogP contribution < -0.4 is 10.1 Å². The Morgan fingerprint density at radius 1 is 1.07 bits per heavy atom. The summed E-state index contributed by atoms with van der Waals surface area (Å²) in [6.07, 6.45) is 7.46. The second-order valence-electron chi connectivity index (χ2n) is 8.30. The second-order valence-corrected chi connectivity index (χ2v) is 8.30. The van der Waals surface area contributed by atoms with Crippen LogP contribution in [-0.2, 0) is 16.0 Å². The zero-order chi connectivity index (χ0) is 18.6. The first kappa shape index (κ1) is 18.3. The number of benzene rings is 1. The van der Waals surface area contributed by atoms with Crippen LogP contribution in [0.2, 0.25) is 0 Å². The van der Waals surface area contributed by atoms with Crippen molar-refractivity contribution in [3.05, 3.63) is 29.8 Å². The van der Waals surface area contributed by atoms with Crippen LogP contribution in [0, 0.1) is 11.8 Å². The minimum atomic E-state index is 0.0227. The third kappa shape index (κ3) is 4.82.